The smallest absolute Gasteiger partial charge is 0.0388 e. The Morgan fingerprint density at radius 2 is 1.65 bits per heavy atom. The van der Waals surface area contributed by atoms with Crippen molar-refractivity contribution >= 4 is 17.1 Å². The molecule has 0 amide bonds. The van der Waals surface area contributed by atoms with Crippen molar-refractivity contribution in [2.45, 2.75) is 20.3 Å². The third-order valence-corrected chi connectivity index (χ3v) is 2.92. The summed E-state index contributed by atoms with van der Waals surface area (Å²) in [5, 5.41) is 3.37. The van der Waals surface area contributed by atoms with Gasteiger partial charge in [-0.3, -0.25) is 0 Å². The maximum Gasteiger partial charge on any atom is 0.0388 e. The Morgan fingerprint density at radius 1 is 1.00 bits per heavy atom. The van der Waals surface area contributed by atoms with Crippen LogP contribution in [0.25, 0.3) is 0 Å². The Morgan fingerprint density at radius 3 is 2.24 bits per heavy atom. The molecular weight excluding hydrogens is 208 g/mol. The van der Waals surface area contributed by atoms with Gasteiger partial charge in [-0.05, 0) is 54.8 Å². The van der Waals surface area contributed by atoms with Crippen LogP contribution in [-0.4, -0.2) is 0 Å². The zero-order valence-corrected chi connectivity index (χ0v) is 10.3. The van der Waals surface area contributed by atoms with Crippen molar-refractivity contribution in [3.05, 3.63) is 53.6 Å². The van der Waals surface area contributed by atoms with Crippen molar-refractivity contribution in [2.75, 3.05) is 11.1 Å². The molecule has 0 saturated heterocycles. The molecule has 0 aromatic heterocycles. The van der Waals surface area contributed by atoms with Crippen LogP contribution in [0.2, 0.25) is 0 Å². The van der Waals surface area contributed by atoms with E-state index in [1.54, 1.807) is 0 Å². The number of anilines is 3. The summed E-state index contributed by atoms with van der Waals surface area (Å²) >= 11 is 0. The third-order valence-electron chi connectivity index (χ3n) is 2.92. The van der Waals surface area contributed by atoms with E-state index in [9.17, 15) is 0 Å². The van der Waals surface area contributed by atoms with Crippen LogP contribution in [0.1, 0.15) is 18.1 Å². The number of nitrogen functional groups attached to an aromatic ring is 1. The quantitative estimate of drug-likeness (QED) is 0.779. The van der Waals surface area contributed by atoms with Crippen molar-refractivity contribution in [2.24, 2.45) is 0 Å². The lowest BCUT2D eigenvalue weighted by atomic mass is 10.1. The molecule has 0 atom stereocenters. The highest BCUT2D eigenvalue weighted by Gasteiger charge is 1.98. The van der Waals surface area contributed by atoms with Gasteiger partial charge in [0.15, 0.2) is 0 Å². The molecule has 0 unspecified atom stereocenters. The van der Waals surface area contributed by atoms with E-state index >= 15 is 0 Å². The van der Waals surface area contributed by atoms with Gasteiger partial charge in [-0.15, -0.1) is 0 Å². The molecule has 0 spiro atoms. The van der Waals surface area contributed by atoms with Crippen LogP contribution in [0.4, 0.5) is 17.1 Å². The Balaban J connectivity index is 2.16. The van der Waals surface area contributed by atoms with Gasteiger partial charge in [0.05, 0.1) is 0 Å². The monoisotopic (exact) mass is 226 g/mol. The summed E-state index contributed by atoms with van der Waals surface area (Å²) in [6, 6.07) is 14.5. The minimum Gasteiger partial charge on any atom is -0.399 e. The first kappa shape index (κ1) is 11.5. The zero-order valence-electron chi connectivity index (χ0n) is 10.3. The second-order valence-electron chi connectivity index (χ2n) is 4.25. The highest BCUT2D eigenvalue weighted by molar-refractivity contribution is 5.64. The first-order valence-electron chi connectivity index (χ1n) is 5.91. The molecule has 0 fully saturated rings. The standard InChI is InChI=1S/C15H18N2/c1-3-12-4-6-13(7-5-12)17-14-8-9-15(16)11(2)10-14/h4-10,17H,3,16H2,1-2H3. The molecule has 0 aliphatic carbocycles. The first-order valence-corrected chi connectivity index (χ1v) is 5.91. The number of hydrogen-bond donors (Lipinski definition) is 2. The third kappa shape index (κ3) is 2.78. The summed E-state index contributed by atoms with van der Waals surface area (Å²) in [5.74, 6) is 0. The van der Waals surface area contributed by atoms with Crippen LogP contribution in [0.15, 0.2) is 42.5 Å². The van der Waals surface area contributed by atoms with Crippen molar-refractivity contribution in [3.8, 4) is 0 Å². The highest BCUT2D eigenvalue weighted by Crippen LogP contribution is 2.21. The molecule has 2 heteroatoms. The minimum atomic E-state index is 0.830. The van der Waals surface area contributed by atoms with Gasteiger partial charge in [-0.2, -0.15) is 0 Å². The highest BCUT2D eigenvalue weighted by atomic mass is 14.9. The van der Waals surface area contributed by atoms with E-state index in [1.165, 1.54) is 5.56 Å². The number of benzene rings is 2. The van der Waals surface area contributed by atoms with Gasteiger partial charge in [0.2, 0.25) is 0 Å². The topological polar surface area (TPSA) is 38.0 Å². The van der Waals surface area contributed by atoms with Crippen LogP contribution in [-0.2, 0) is 6.42 Å². The molecule has 0 heterocycles. The Hall–Kier alpha value is -1.96. The maximum absolute atomic E-state index is 5.79. The van der Waals surface area contributed by atoms with Gasteiger partial charge < -0.3 is 11.1 Å². The second-order valence-corrected chi connectivity index (χ2v) is 4.25. The molecule has 17 heavy (non-hydrogen) atoms. The van der Waals surface area contributed by atoms with Gasteiger partial charge in [0.1, 0.15) is 0 Å². The number of aryl methyl sites for hydroxylation is 2. The second kappa shape index (κ2) is 4.91. The van der Waals surface area contributed by atoms with E-state index in [1.807, 2.05) is 19.1 Å². The van der Waals surface area contributed by atoms with Crippen LogP contribution in [0.5, 0.6) is 0 Å². The van der Waals surface area contributed by atoms with Crippen molar-refractivity contribution in [3.63, 3.8) is 0 Å². The van der Waals surface area contributed by atoms with Gasteiger partial charge in [-0.1, -0.05) is 19.1 Å². The Labute approximate surface area is 102 Å². The molecular formula is C15H18N2. The number of rotatable bonds is 3. The number of hydrogen-bond acceptors (Lipinski definition) is 2. The van der Waals surface area contributed by atoms with Crippen molar-refractivity contribution in [1.29, 1.82) is 0 Å². The van der Waals surface area contributed by atoms with Gasteiger partial charge >= 0.3 is 0 Å². The maximum atomic E-state index is 5.79. The van der Waals surface area contributed by atoms with E-state index in [-0.39, 0.29) is 0 Å². The van der Waals surface area contributed by atoms with Gasteiger partial charge in [-0.25, -0.2) is 0 Å². The predicted molar refractivity (Wildman–Crippen MR) is 74.7 cm³/mol. The van der Waals surface area contributed by atoms with E-state index in [4.69, 9.17) is 5.73 Å². The fraction of sp³-hybridized carbons (Fsp3) is 0.200. The zero-order chi connectivity index (χ0) is 12.3. The molecule has 0 aliphatic heterocycles. The van der Waals surface area contributed by atoms with Gasteiger partial charge in [0.25, 0.3) is 0 Å². The van der Waals surface area contributed by atoms with Crippen LogP contribution < -0.4 is 11.1 Å². The molecule has 3 N–H and O–H groups in total. The lowest BCUT2D eigenvalue weighted by molar-refractivity contribution is 1.14. The summed E-state index contributed by atoms with van der Waals surface area (Å²) in [6.07, 6.45) is 1.07. The van der Waals surface area contributed by atoms with Crippen LogP contribution in [0.3, 0.4) is 0 Å². The Kier molecular flexibility index (Phi) is 3.33. The van der Waals surface area contributed by atoms with Crippen molar-refractivity contribution < 1.29 is 0 Å². The van der Waals surface area contributed by atoms with E-state index in [0.29, 0.717) is 0 Å². The van der Waals surface area contributed by atoms with Crippen LogP contribution in [0, 0.1) is 6.92 Å². The van der Waals surface area contributed by atoms with E-state index in [2.05, 4.69) is 42.6 Å². The average molecular weight is 226 g/mol. The summed E-state index contributed by atoms with van der Waals surface area (Å²) in [5.41, 5.74) is 11.2. The molecule has 2 aromatic rings. The lowest BCUT2D eigenvalue weighted by Gasteiger charge is -2.09. The van der Waals surface area contributed by atoms with Crippen LogP contribution >= 0.6 is 0 Å². The molecule has 0 aliphatic rings. The largest absolute Gasteiger partial charge is 0.399 e. The van der Waals surface area contributed by atoms with Gasteiger partial charge in [0, 0.05) is 17.1 Å². The van der Waals surface area contributed by atoms with E-state index in [0.717, 1.165) is 29.0 Å². The molecule has 2 nitrogen and oxygen atoms in total. The Bertz CT molecular complexity index is 501. The number of nitrogens with one attached hydrogen (secondary N) is 1. The predicted octanol–water partition coefficient (Wildman–Crippen LogP) is 3.88. The summed E-state index contributed by atoms with van der Waals surface area (Å²) in [4.78, 5) is 0. The molecule has 2 rings (SSSR count). The molecule has 2 aromatic carbocycles. The fourth-order valence-corrected chi connectivity index (χ4v) is 1.74. The molecule has 0 bridgehead atoms. The minimum absolute atomic E-state index is 0.830. The summed E-state index contributed by atoms with van der Waals surface area (Å²) in [7, 11) is 0. The summed E-state index contributed by atoms with van der Waals surface area (Å²) < 4.78 is 0. The average Bonchev–Trinajstić information content (AvgIpc) is 2.35. The molecule has 88 valence electrons. The first-order chi connectivity index (χ1) is 8.19. The normalized spacial score (nSPS) is 10.2. The molecule has 0 radical (unpaired) electrons. The van der Waals surface area contributed by atoms with E-state index < -0.39 is 0 Å². The fourth-order valence-electron chi connectivity index (χ4n) is 1.74. The number of nitrogens with two attached hydrogens (primary N) is 1. The summed E-state index contributed by atoms with van der Waals surface area (Å²) in [6.45, 7) is 4.17. The molecule has 0 saturated carbocycles. The lowest BCUT2D eigenvalue weighted by Crippen LogP contribution is -1.94. The van der Waals surface area contributed by atoms with Crippen molar-refractivity contribution in [1.82, 2.24) is 0 Å². The SMILES string of the molecule is CCc1ccc(Nc2ccc(N)c(C)c2)cc1.